The van der Waals surface area contributed by atoms with Crippen LogP contribution in [0.25, 0.3) is 0 Å². The molecule has 1 rings (SSSR count). The van der Waals surface area contributed by atoms with E-state index in [0.717, 1.165) is 5.56 Å². The SMILES string of the molecule is CC(=C[C@H](C(C)C)N(C)C(=O)[C@@H](NC(=O)C(O)C(C)(C)c1ccccc1)C(C)(C)C)C(=O)O. The summed E-state index contributed by atoms with van der Waals surface area (Å²) in [6.45, 7) is 14.3. The number of carbonyl (C=O) groups is 3. The van der Waals surface area contributed by atoms with Crippen molar-refractivity contribution in [3.63, 3.8) is 0 Å². The number of nitrogens with one attached hydrogen (secondary N) is 1. The zero-order valence-corrected chi connectivity index (χ0v) is 21.3. The van der Waals surface area contributed by atoms with Gasteiger partial charge in [0.05, 0.1) is 6.04 Å². The molecule has 0 saturated heterocycles. The second kappa shape index (κ2) is 11.0. The molecule has 0 aromatic heterocycles. The molecule has 0 spiro atoms. The number of rotatable bonds is 9. The zero-order valence-electron chi connectivity index (χ0n) is 21.3. The molecule has 0 aliphatic carbocycles. The number of aliphatic hydroxyl groups is 1. The number of nitrogens with zero attached hydrogens (tertiary/aromatic N) is 1. The molecule has 3 N–H and O–H groups in total. The van der Waals surface area contributed by atoms with E-state index in [1.807, 2.05) is 65.0 Å². The molecule has 0 aliphatic rings. The third kappa shape index (κ3) is 7.16. The molecular formula is C26H40N2O5. The maximum atomic E-state index is 13.5. The first-order valence-corrected chi connectivity index (χ1v) is 11.2. The number of aliphatic carboxylic acids is 1. The normalized spacial score (nSPS) is 15.5. The van der Waals surface area contributed by atoms with Gasteiger partial charge in [0.15, 0.2) is 0 Å². The van der Waals surface area contributed by atoms with Crippen molar-refractivity contribution >= 4 is 17.8 Å². The molecule has 7 nitrogen and oxygen atoms in total. The van der Waals surface area contributed by atoms with Crippen molar-refractivity contribution in [1.82, 2.24) is 10.2 Å². The minimum absolute atomic E-state index is 0.0489. The minimum atomic E-state index is -1.38. The topological polar surface area (TPSA) is 107 Å². The lowest BCUT2D eigenvalue weighted by Gasteiger charge is -2.39. The van der Waals surface area contributed by atoms with Crippen molar-refractivity contribution < 1.29 is 24.6 Å². The van der Waals surface area contributed by atoms with E-state index in [0.29, 0.717) is 0 Å². The molecule has 2 amide bonds. The highest BCUT2D eigenvalue weighted by Gasteiger charge is 2.41. The maximum Gasteiger partial charge on any atom is 0.331 e. The Balaban J connectivity index is 3.22. The summed E-state index contributed by atoms with van der Waals surface area (Å²) < 4.78 is 0. The number of carboxylic acids is 1. The lowest BCUT2D eigenvalue weighted by molar-refractivity contribution is -0.143. The predicted octanol–water partition coefficient (Wildman–Crippen LogP) is 3.37. The van der Waals surface area contributed by atoms with Gasteiger partial charge in [0, 0.05) is 18.0 Å². The number of benzene rings is 1. The largest absolute Gasteiger partial charge is 0.478 e. The number of aliphatic hydroxyl groups excluding tert-OH is 1. The summed E-state index contributed by atoms with van der Waals surface area (Å²) in [4.78, 5) is 39.4. The molecule has 0 radical (unpaired) electrons. The number of carbonyl (C=O) groups excluding carboxylic acids is 2. The lowest BCUT2D eigenvalue weighted by Crippen LogP contribution is -2.59. The lowest BCUT2D eigenvalue weighted by atomic mass is 9.78. The van der Waals surface area contributed by atoms with E-state index < -0.39 is 40.9 Å². The van der Waals surface area contributed by atoms with Gasteiger partial charge in [-0.1, -0.05) is 84.9 Å². The van der Waals surface area contributed by atoms with E-state index in [1.54, 1.807) is 27.0 Å². The first-order chi connectivity index (χ1) is 15.0. The molecule has 0 saturated carbocycles. The molecule has 1 unspecified atom stereocenters. The van der Waals surface area contributed by atoms with Crippen LogP contribution in [0.5, 0.6) is 0 Å². The van der Waals surface area contributed by atoms with Gasteiger partial charge in [-0.3, -0.25) is 9.59 Å². The summed E-state index contributed by atoms with van der Waals surface area (Å²) in [5, 5.41) is 22.9. The number of carboxylic acid groups (broad SMARTS) is 1. The minimum Gasteiger partial charge on any atom is -0.478 e. The second-order valence-electron chi connectivity index (χ2n) is 10.6. The molecule has 0 bridgehead atoms. The number of likely N-dealkylation sites (N-methyl/N-ethyl adjacent to an activating group) is 1. The van der Waals surface area contributed by atoms with E-state index in [-0.39, 0.29) is 17.4 Å². The molecule has 0 heterocycles. The van der Waals surface area contributed by atoms with Gasteiger partial charge in [-0.15, -0.1) is 0 Å². The third-order valence-corrected chi connectivity index (χ3v) is 6.09. The van der Waals surface area contributed by atoms with Gasteiger partial charge in [0.1, 0.15) is 12.1 Å². The Morgan fingerprint density at radius 2 is 1.55 bits per heavy atom. The molecule has 0 fully saturated rings. The van der Waals surface area contributed by atoms with Gasteiger partial charge < -0.3 is 20.4 Å². The molecule has 1 aromatic carbocycles. The Kier molecular flexibility index (Phi) is 9.43. The Hall–Kier alpha value is -2.67. The summed E-state index contributed by atoms with van der Waals surface area (Å²) in [5.74, 6) is -2.08. The van der Waals surface area contributed by atoms with Crippen LogP contribution in [0.3, 0.4) is 0 Å². The van der Waals surface area contributed by atoms with Crippen LogP contribution in [-0.2, 0) is 19.8 Å². The summed E-state index contributed by atoms with van der Waals surface area (Å²) in [6.07, 6.45) is 0.178. The van der Waals surface area contributed by atoms with Crippen molar-refractivity contribution in [3.8, 4) is 0 Å². The quantitative estimate of drug-likeness (QED) is 0.490. The van der Waals surface area contributed by atoms with Crippen molar-refractivity contribution in [2.45, 2.75) is 79.0 Å². The molecule has 184 valence electrons. The highest BCUT2D eigenvalue weighted by Crippen LogP contribution is 2.29. The van der Waals surface area contributed by atoms with E-state index in [1.165, 1.54) is 11.8 Å². The molecular weight excluding hydrogens is 420 g/mol. The van der Waals surface area contributed by atoms with Crippen molar-refractivity contribution in [2.24, 2.45) is 11.3 Å². The standard InChI is InChI=1S/C26H40N2O5/c1-16(2)19(15-17(3)24(32)33)28(9)23(31)20(25(4,5)6)27-22(30)21(29)26(7,8)18-13-11-10-12-14-18/h10-16,19-21,29H,1-9H3,(H,27,30)(H,32,33)/t19-,20-,21?/m1/s1. The van der Waals surface area contributed by atoms with Crippen LogP contribution >= 0.6 is 0 Å². The van der Waals surface area contributed by atoms with Gasteiger partial charge in [-0.25, -0.2) is 4.79 Å². The van der Waals surface area contributed by atoms with Crippen molar-refractivity contribution in [3.05, 3.63) is 47.5 Å². The summed E-state index contributed by atoms with van der Waals surface area (Å²) >= 11 is 0. The summed E-state index contributed by atoms with van der Waals surface area (Å²) in [7, 11) is 1.61. The van der Waals surface area contributed by atoms with Crippen molar-refractivity contribution in [1.29, 1.82) is 0 Å². The first kappa shape index (κ1) is 28.4. The molecule has 3 atom stereocenters. The van der Waals surface area contributed by atoms with Crippen LogP contribution < -0.4 is 5.32 Å². The van der Waals surface area contributed by atoms with Gasteiger partial charge in [0.25, 0.3) is 0 Å². The van der Waals surface area contributed by atoms with Gasteiger partial charge >= 0.3 is 5.97 Å². The Labute approximate surface area is 197 Å². The fraction of sp³-hybridized carbons (Fsp3) is 0.577. The Morgan fingerprint density at radius 1 is 1.03 bits per heavy atom. The van der Waals surface area contributed by atoms with E-state index in [2.05, 4.69) is 5.32 Å². The van der Waals surface area contributed by atoms with E-state index >= 15 is 0 Å². The molecule has 0 aliphatic heterocycles. The van der Waals surface area contributed by atoms with Crippen LogP contribution in [-0.4, -0.2) is 58.1 Å². The van der Waals surface area contributed by atoms with E-state index in [9.17, 15) is 24.6 Å². The predicted molar refractivity (Wildman–Crippen MR) is 130 cm³/mol. The van der Waals surface area contributed by atoms with Crippen LogP contribution in [0.1, 0.15) is 61.0 Å². The smallest absolute Gasteiger partial charge is 0.331 e. The van der Waals surface area contributed by atoms with Crippen LogP contribution in [0.4, 0.5) is 0 Å². The number of hydrogen-bond donors (Lipinski definition) is 3. The maximum absolute atomic E-state index is 13.5. The number of hydrogen-bond acceptors (Lipinski definition) is 4. The monoisotopic (exact) mass is 460 g/mol. The fourth-order valence-electron chi connectivity index (χ4n) is 3.65. The van der Waals surface area contributed by atoms with Crippen LogP contribution in [0, 0.1) is 11.3 Å². The fourth-order valence-corrected chi connectivity index (χ4v) is 3.65. The summed E-state index contributed by atoms with van der Waals surface area (Å²) in [6, 6.07) is 7.86. The molecule has 33 heavy (non-hydrogen) atoms. The van der Waals surface area contributed by atoms with Crippen LogP contribution in [0.2, 0.25) is 0 Å². The zero-order chi connectivity index (χ0) is 25.7. The molecule has 7 heteroatoms. The Morgan fingerprint density at radius 3 is 1.97 bits per heavy atom. The second-order valence-corrected chi connectivity index (χ2v) is 10.6. The first-order valence-electron chi connectivity index (χ1n) is 11.2. The van der Waals surface area contributed by atoms with Gasteiger partial charge in [-0.05, 0) is 23.8 Å². The van der Waals surface area contributed by atoms with Crippen molar-refractivity contribution in [2.75, 3.05) is 7.05 Å². The van der Waals surface area contributed by atoms with Gasteiger partial charge in [-0.2, -0.15) is 0 Å². The van der Waals surface area contributed by atoms with E-state index in [4.69, 9.17) is 0 Å². The van der Waals surface area contributed by atoms with Gasteiger partial charge in [0.2, 0.25) is 11.8 Å². The summed E-state index contributed by atoms with van der Waals surface area (Å²) in [5.41, 5.74) is -0.572. The highest BCUT2D eigenvalue weighted by atomic mass is 16.4. The number of amides is 2. The highest BCUT2D eigenvalue weighted by molar-refractivity contribution is 5.91. The van der Waals surface area contributed by atoms with Crippen LogP contribution in [0.15, 0.2) is 42.0 Å². The third-order valence-electron chi connectivity index (χ3n) is 6.09. The average molecular weight is 461 g/mol. The average Bonchev–Trinajstić information content (AvgIpc) is 2.73. The Bertz CT molecular complexity index is 868. The molecule has 1 aromatic rings.